The van der Waals surface area contributed by atoms with Gasteiger partial charge < -0.3 is 0 Å². The third kappa shape index (κ3) is 3.55. The molecule has 1 atom stereocenters. The monoisotopic (exact) mass is 387 g/mol. The lowest BCUT2D eigenvalue weighted by atomic mass is 9.90. The van der Waals surface area contributed by atoms with E-state index in [1.807, 2.05) is 0 Å². The molecule has 4 heterocycles. The number of piperidine rings is 1. The van der Waals surface area contributed by atoms with Crippen LogP contribution >= 0.6 is 12.3 Å². The van der Waals surface area contributed by atoms with Gasteiger partial charge in [0.1, 0.15) is 5.82 Å². The molecule has 9 heteroatoms. The van der Waals surface area contributed by atoms with E-state index in [1.165, 1.54) is 17.2 Å². The Kier molecular flexibility index (Phi) is 4.85. The number of anilines is 1. The van der Waals surface area contributed by atoms with Crippen molar-refractivity contribution in [2.75, 3.05) is 11.4 Å². The molecule has 3 aromatic rings. The van der Waals surface area contributed by atoms with Gasteiger partial charge in [-0.1, -0.05) is 6.07 Å². The number of rotatable bonds is 4. The molecular weight excluding hydrogens is 372 g/mol. The smallest absolute Gasteiger partial charge is 0.228 e. The zero-order valence-electron chi connectivity index (χ0n) is 14.1. The van der Waals surface area contributed by atoms with E-state index in [4.69, 9.17) is 0 Å². The van der Waals surface area contributed by atoms with E-state index < -0.39 is 5.95 Å². The first kappa shape index (κ1) is 17.6. The Morgan fingerprint density at radius 3 is 2.67 bits per heavy atom. The maximum Gasteiger partial charge on any atom is 0.228 e. The van der Waals surface area contributed by atoms with Crippen LogP contribution in [0.4, 0.5) is 14.1 Å². The van der Waals surface area contributed by atoms with Crippen LogP contribution in [0.5, 0.6) is 0 Å². The average Bonchev–Trinajstić information content (AvgIpc) is 3.13. The summed E-state index contributed by atoms with van der Waals surface area (Å²) < 4.78 is 27.5. The van der Waals surface area contributed by atoms with Crippen molar-refractivity contribution in [1.82, 2.24) is 19.2 Å². The minimum atomic E-state index is -0.546. The van der Waals surface area contributed by atoms with Crippen molar-refractivity contribution in [3.05, 3.63) is 60.4 Å². The van der Waals surface area contributed by atoms with Crippen molar-refractivity contribution in [2.24, 2.45) is 0 Å². The van der Waals surface area contributed by atoms with E-state index in [0.717, 1.165) is 15.2 Å². The summed E-state index contributed by atoms with van der Waals surface area (Å²) >= 11 is -0.0502. The Morgan fingerprint density at radius 2 is 2.00 bits per heavy atom. The van der Waals surface area contributed by atoms with Crippen LogP contribution in [0.25, 0.3) is 11.3 Å². The van der Waals surface area contributed by atoms with Gasteiger partial charge in [-0.3, -0.25) is 14.7 Å². The Morgan fingerprint density at radius 1 is 1.19 bits per heavy atom. The molecule has 0 aromatic carbocycles. The molecule has 6 nitrogen and oxygen atoms in total. The highest BCUT2D eigenvalue weighted by Gasteiger charge is 2.30. The summed E-state index contributed by atoms with van der Waals surface area (Å²) in [4.78, 5) is 21.9. The highest BCUT2D eigenvalue weighted by molar-refractivity contribution is 7.92. The van der Waals surface area contributed by atoms with Crippen molar-refractivity contribution < 1.29 is 13.1 Å². The van der Waals surface area contributed by atoms with Crippen LogP contribution in [0.1, 0.15) is 24.3 Å². The minimum Gasteiger partial charge on any atom is -0.296 e. The summed E-state index contributed by atoms with van der Waals surface area (Å²) in [5.41, 5.74) is 2.18. The van der Waals surface area contributed by atoms with Crippen molar-refractivity contribution in [1.29, 1.82) is 0 Å². The second-order valence-electron chi connectivity index (χ2n) is 6.21. The molecule has 1 aliphatic rings. The summed E-state index contributed by atoms with van der Waals surface area (Å²) in [6.45, 7) is 0.420. The molecule has 4 rings (SSSR count). The van der Waals surface area contributed by atoms with Crippen LogP contribution < -0.4 is 4.90 Å². The summed E-state index contributed by atoms with van der Waals surface area (Å²) in [6, 6.07) is 8.19. The summed E-state index contributed by atoms with van der Waals surface area (Å²) in [5, 5.41) is 4.23. The van der Waals surface area contributed by atoms with Gasteiger partial charge in [0.2, 0.25) is 11.9 Å². The average molecular weight is 387 g/mol. The number of aromatic nitrogens is 4. The number of amides is 1. The fourth-order valence-electron chi connectivity index (χ4n) is 3.24. The van der Waals surface area contributed by atoms with Crippen LogP contribution in [-0.4, -0.2) is 31.6 Å². The quantitative estimate of drug-likeness (QED) is 0.638. The first-order valence-corrected chi connectivity index (χ1v) is 9.04. The van der Waals surface area contributed by atoms with Gasteiger partial charge in [-0.15, -0.1) is 3.89 Å². The molecule has 1 amide bonds. The van der Waals surface area contributed by atoms with Crippen LogP contribution in [0, 0.1) is 5.95 Å². The fourth-order valence-corrected chi connectivity index (χ4v) is 3.58. The van der Waals surface area contributed by atoms with E-state index in [-0.39, 0.29) is 30.6 Å². The van der Waals surface area contributed by atoms with Crippen molar-refractivity contribution in [2.45, 2.75) is 18.8 Å². The van der Waals surface area contributed by atoms with Crippen molar-refractivity contribution >= 4 is 24.1 Å². The highest BCUT2D eigenvalue weighted by atomic mass is 32.2. The standard InChI is InChI=1S/C18H15F2N5OS/c19-16-2-1-14(11-22-16)13-5-8-24(18(26)9-13)17-10-15(23-25(17)27-20)12-3-6-21-7-4-12/h1-4,6-7,10-11,13H,5,8-9H2. The maximum absolute atomic E-state index is 13.4. The van der Waals surface area contributed by atoms with E-state index in [2.05, 4.69) is 15.1 Å². The molecule has 1 saturated heterocycles. The largest absolute Gasteiger partial charge is 0.296 e. The van der Waals surface area contributed by atoms with E-state index in [0.29, 0.717) is 24.5 Å². The third-order valence-corrected chi connectivity index (χ3v) is 5.02. The molecule has 0 bridgehead atoms. The molecular formula is C18H15F2N5OS. The lowest BCUT2D eigenvalue weighted by Crippen LogP contribution is -2.39. The van der Waals surface area contributed by atoms with Crippen molar-refractivity contribution in [3.8, 4) is 11.3 Å². The number of hydrogen-bond donors (Lipinski definition) is 0. The molecule has 0 aliphatic carbocycles. The van der Waals surface area contributed by atoms with Gasteiger partial charge >= 0.3 is 0 Å². The molecule has 138 valence electrons. The van der Waals surface area contributed by atoms with Gasteiger partial charge in [-0.05, 0) is 36.1 Å². The highest BCUT2D eigenvalue weighted by Crippen LogP contribution is 2.34. The Bertz CT molecular complexity index is 948. The fraction of sp³-hybridized carbons (Fsp3) is 0.222. The van der Waals surface area contributed by atoms with Gasteiger partial charge in [0.15, 0.2) is 12.3 Å². The second-order valence-corrected chi connectivity index (χ2v) is 6.70. The Balaban J connectivity index is 1.57. The van der Waals surface area contributed by atoms with Crippen LogP contribution in [0.15, 0.2) is 48.9 Å². The maximum atomic E-state index is 13.4. The number of halogens is 2. The number of carbonyl (C=O) groups is 1. The first-order chi connectivity index (χ1) is 13.2. The summed E-state index contributed by atoms with van der Waals surface area (Å²) in [7, 11) is 0. The molecule has 1 fully saturated rings. The van der Waals surface area contributed by atoms with Gasteiger partial charge in [-0.2, -0.15) is 13.6 Å². The zero-order valence-corrected chi connectivity index (χ0v) is 14.9. The predicted octanol–water partition coefficient (Wildman–Crippen LogP) is 3.77. The van der Waals surface area contributed by atoms with Gasteiger partial charge in [0.05, 0.1) is 5.69 Å². The van der Waals surface area contributed by atoms with Gasteiger partial charge in [0, 0.05) is 43.2 Å². The summed E-state index contributed by atoms with van der Waals surface area (Å²) in [6.07, 6.45) is 5.64. The predicted molar refractivity (Wildman–Crippen MR) is 98.1 cm³/mol. The Hall–Kier alpha value is -2.81. The van der Waals surface area contributed by atoms with Gasteiger partial charge in [-0.25, -0.2) is 4.98 Å². The first-order valence-electron chi connectivity index (χ1n) is 8.37. The topological polar surface area (TPSA) is 63.9 Å². The molecule has 0 radical (unpaired) electrons. The Labute approximate surface area is 158 Å². The molecule has 3 aromatic heterocycles. The molecule has 0 saturated carbocycles. The molecule has 27 heavy (non-hydrogen) atoms. The molecule has 1 unspecified atom stereocenters. The number of pyridine rings is 2. The van der Waals surface area contributed by atoms with E-state index in [9.17, 15) is 13.1 Å². The lowest BCUT2D eigenvalue weighted by Gasteiger charge is -2.31. The van der Waals surface area contributed by atoms with Crippen LogP contribution in [-0.2, 0) is 4.79 Å². The molecule has 0 spiro atoms. The molecule has 0 N–H and O–H groups in total. The molecule has 1 aliphatic heterocycles. The van der Waals surface area contributed by atoms with Crippen molar-refractivity contribution in [3.63, 3.8) is 0 Å². The normalized spacial score (nSPS) is 17.3. The zero-order chi connectivity index (χ0) is 18.8. The second kappa shape index (κ2) is 7.43. The van der Waals surface area contributed by atoms with Gasteiger partial charge in [0.25, 0.3) is 0 Å². The number of hydrogen-bond acceptors (Lipinski definition) is 5. The number of nitrogens with zero attached hydrogens (tertiary/aromatic N) is 5. The van der Waals surface area contributed by atoms with Crippen LogP contribution in [0.2, 0.25) is 0 Å². The SMILES string of the molecule is O=C1CC(c2ccc(F)nc2)CCN1c1cc(-c2ccncc2)nn1SF. The van der Waals surface area contributed by atoms with E-state index >= 15 is 0 Å². The van der Waals surface area contributed by atoms with E-state index in [1.54, 1.807) is 36.7 Å². The number of carbonyl (C=O) groups excluding carboxylic acids is 1. The third-order valence-electron chi connectivity index (χ3n) is 4.62. The van der Waals surface area contributed by atoms with Crippen LogP contribution in [0.3, 0.4) is 0 Å². The lowest BCUT2D eigenvalue weighted by molar-refractivity contribution is -0.120. The minimum absolute atomic E-state index is 0.0316. The summed E-state index contributed by atoms with van der Waals surface area (Å²) in [5.74, 6) is -0.312.